The SMILES string of the molecule is O=C(O)N(C1CN2CCC1CC2)[C@@H]1c2cc(-c3ccccc3Cl)ccc2CCC12CC2. The summed E-state index contributed by atoms with van der Waals surface area (Å²) in [4.78, 5) is 17.2. The Bertz CT molecular complexity index is 1030. The van der Waals surface area contributed by atoms with E-state index in [0.717, 1.165) is 74.3 Å². The number of hydrogen-bond acceptors (Lipinski definition) is 2. The van der Waals surface area contributed by atoms with Crippen LogP contribution in [0.4, 0.5) is 4.79 Å². The molecule has 1 amide bonds. The van der Waals surface area contributed by atoms with E-state index in [9.17, 15) is 9.90 Å². The van der Waals surface area contributed by atoms with Crippen molar-refractivity contribution >= 4 is 17.7 Å². The van der Waals surface area contributed by atoms with Crippen LogP contribution in [0.5, 0.6) is 0 Å². The molecule has 2 atom stereocenters. The van der Waals surface area contributed by atoms with Gasteiger partial charge in [0.1, 0.15) is 0 Å². The number of aryl methyl sites for hydroxylation is 1. The Morgan fingerprint density at radius 2 is 1.87 bits per heavy atom. The van der Waals surface area contributed by atoms with Crippen molar-refractivity contribution in [2.45, 2.75) is 50.6 Å². The molecular formula is C26H29ClN2O2. The summed E-state index contributed by atoms with van der Waals surface area (Å²) in [5.74, 6) is 0.494. The van der Waals surface area contributed by atoms with Gasteiger partial charge in [0, 0.05) is 17.1 Å². The highest BCUT2D eigenvalue weighted by molar-refractivity contribution is 6.33. The maximum absolute atomic E-state index is 12.8. The second-order valence-electron chi connectivity index (χ2n) is 10.1. The number of piperidine rings is 3. The average molecular weight is 437 g/mol. The standard InChI is InChI=1S/C26H29ClN2O2/c27-22-4-2-1-3-20(22)19-6-5-17-7-10-26(11-12-26)24(21(17)15-19)29(25(30)31)23-16-28-13-8-18(23)9-14-28/h1-6,15,18,23-24H,7-14,16H2,(H,30,31)/t23?,24-/m1/s1. The van der Waals surface area contributed by atoms with E-state index in [1.165, 1.54) is 11.1 Å². The third kappa shape index (κ3) is 3.18. The fourth-order valence-corrected chi connectivity index (χ4v) is 6.86. The molecule has 1 unspecified atom stereocenters. The smallest absolute Gasteiger partial charge is 0.408 e. The lowest BCUT2D eigenvalue weighted by Crippen LogP contribution is -2.60. The lowest BCUT2D eigenvalue weighted by atomic mass is 9.73. The molecule has 2 aliphatic carbocycles. The van der Waals surface area contributed by atoms with Crippen molar-refractivity contribution in [3.8, 4) is 11.1 Å². The van der Waals surface area contributed by atoms with Gasteiger partial charge in [-0.25, -0.2) is 4.79 Å². The Morgan fingerprint density at radius 3 is 2.52 bits per heavy atom. The van der Waals surface area contributed by atoms with Gasteiger partial charge in [-0.1, -0.05) is 41.9 Å². The van der Waals surface area contributed by atoms with Gasteiger partial charge in [-0.2, -0.15) is 0 Å². The highest BCUT2D eigenvalue weighted by Crippen LogP contribution is 2.64. The third-order valence-corrected chi connectivity index (χ3v) is 8.80. The number of benzene rings is 2. The minimum absolute atomic E-state index is 0.0401. The van der Waals surface area contributed by atoms with Crippen molar-refractivity contribution in [3.63, 3.8) is 0 Å². The molecule has 0 radical (unpaired) electrons. The topological polar surface area (TPSA) is 43.8 Å². The summed E-state index contributed by atoms with van der Waals surface area (Å²) in [7, 11) is 0. The largest absolute Gasteiger partial charge is 0.465 e. The molecule has 2 aromatic carbocycles. The minimum Gasteiger partial charge on any atom is -0.465 e. The molecule has 31 heavy (non-hydrogen) atoms. The summed E-state index contributed by atoms with van der Waals surface area (Å²) in [5.41, 5.74) is 4.76. The van der Waals surface area contributed by atoms with Crippen molar-refractivity contribution in [2.75, 3.05) is 19.6 Å². The monoisotopic (exact) mass is 436 g/mol. The normalized spacial score (nSPS) is 30.1. The highest BCUT2D eigenvalue weighted by Gasteiger charge is 2.57. The van der Waals surface area contributed by atoms with E-state index in [1.54, 1.807) is 0 Å². The van der Waals surface area contributed by atoms with Gasteiger partial charge in [-0.05, 0) is 91.8 Å². The van der Waals surface area contributed by atoms with Gasteiger partial charge in [0.2, 0.25) is 0 Å². The maximum Gasteiger partial charge on any atom is 0.408 e. The fraction of sp³-hybridized carbons (Fsp3) is 0.500. The van der Waals surface area contributed by atoms with E-state index in [0.29, 0.717) is 5.92 Å². The van der Waals surface area contributed by atoms with Crippen LogP contribution in [0.2, 0.25) is 5.02 Å². The molecule has 3 saturated heterocycles. The molecule has 5 aliphatic rings. The van der Waals surface area contributed by atoms with Gasteiger partial charge in [0.05, 0.1) is 12.1 Å². The minimum atomic E-state index is -0.744. The fourth-order valence-electron chi connectivity index (χ4n) is 6.61. The molecular weight excluding hydrogens is 408 g/mol. The Balaban J connectivity index is 1.46. The van der Waals surface area contributed by atoms with Crippen LogP contribution in [0.15, 0.2) is 42.5 Å². The summed E-state index contributed by atoms with van der Waals surface area (Å²) in [5, 5.41) is 11.2. The quantitative estimate of drug-likeness (QED) is 0.656. The van der Waals surface area contributed by atoms with Crippen LogP contribution in [0.1, 0.15) is 49.3 Å². The van der Waals surface area contributed by atoms with E-state index in [4.69, 9.17) is 11.6 Å². The second-order valence-corrected chi connectivity index (χ2v) is 10.5. The van der Waals surface area contributed by atoms with Crippen LogP contribution in [-0.4, -0.2) is 46.7 Å². The maximum atomic E-state index is 12.8. The van der Waals surface area contributed by atoms with Gasteiger partial charge < -0.3 is 10.0 Å². The number of rotatable bonds is 3. The van der Waals surface area contributed by atoms with Crippen molar-refractivity contribution in [1.29, 1.82) is 0 Å². The zero-order valence-electron chi connectivity index (χ0n) is 17.8. The summed E-state index contributed by atoms with van der Waals surface area (Å²) in [6.07, 6.45) is 5.92. The molecule has 5 heteroatoms. The summed E-state index contributed by atoms with van der Waals surface area (Å²) >= 11 is 6.51. The molecule has 162 valence electrons. The van der Waals surface area contributed by atoms with Crippen LogP contribution >= 0.6 is 11.6 Å². The lowest BCUT2D eigenvalue weighted by molar-refractivity contribution is -0.0243. The molecule has 2 bridgehead atoms. The zero-order valence-corrected chi connectivity index (χ0v) is 18.5. The predicted molar refractivity (Wildman–Crippen MR) is 122 cm³/mol. The number of amides is 1. The summed E-state index contributed by atoms with van der Waals surface area (Å²) < 4.78 is 0. The number of fused-ring (bicyclic) bond motifs is 4. The summed E-state index contributed by atoms with van der Waals surface area (Å²) in [6.45, 7) is 3.14. The Labute approximate surface area is 188 Å². The van der Waals surface area contributed by atoms with Gasteiger partial charge in [-0.15, -0.1) is 0 Å². The summed E-state index contributed by atoms with van der Waals surface area (Å²) in [6, 6.07) is 14.6. The number of carbonyl (C=O) groups is 1. The first-order valence-corrected chi connectivity index (χ1v) is 12.0. The molecule has 3 aliphatic heterocycles. The van der Waals surface area contributed by atoms with Gasteiger partial charge in [-0.3, -0.25) is 4.90 Å². The first-order valence-electron chi connectivity index (χ1n) is 11.7. The Hall–Kier alpha value is -2.04. The molecule has 4 fully saturated rings. The van der Waals surface area contributed by atoms with E-state index < -0.39 is 6.09 Å². The predicted octanol–water partition coefficient (Wildman–Crippen LogP) is 5.85. The van der Waals surface area contributed by atoms with Crippen molar-refractivity contribution in [3.05, 3.63) is 58.6 Å². The Kier molecular flexibility index (Phi) is 4.59. The number of nitrogens with zero attached hydrogens (tertiary/aromatic N) is 2. The molecule has 3 heterocycles. The molecule has 1 saturated carbocycles. The van der Waals surface area contributed by atoms with E-state index in [1.807, 2.05) is 23.1 Å². The molecule has 0 aromatic heterocycles. The first kappa shape index (κ1) is 19.6. The van der Waals surface area contributed by atoms with E-state index in [-0.39, 0.29) is 17.5 Å². The van der Waals surface area contributed by atoms with Crippen molar-refractivity contribution < 1.29 is 9.90 Å². The second kappa shape index (κ2) is 7.25. The zero-order chi connectivity index (χ0) is 21.2. The van der Waals surface area contributed by atoms with Gasteiger partial charge in [0.25, 0.3) is 0 Å². The number of hydrogen-bond donors (Lipinski definition) is 1. The van der Waals surface area contributed by atoms with Gasteiger partial charge >= 0.3 is 6.09 Å². The Morgan fingerprint density at radius 1 is 1.10 bits per heavy atom. The van der Waals surface area contributed by atoms with Crippen LogP contribution in [0.25, 0.3) is 11.1 Å². The average Bonchev–Trinajstić information content (AvgIpc) is 3.56. The lowest BCUT2D eigenvalue weighted by Gasteiger charge is -2.52. The van der Waals surface area contributed by atoms with Crippen molar-refractivity contribution in [2.24, 2.45) is 11.3 Å². The molecule has 2 aromatic rings. The van der Waals surface area contributed by atoms with Crippen LogP contribution in [-0.2, 0) is 6.42 Å². The third-order valence-electron chi connectivity index (χ3n) is 8.47. The number of carboxylic acid groups (broad SMARTS) is 1. The molecule has 7 rings (SSSR count). The molecule has 1 spiro atoms. The first-order chi connectivity index (χ1) is 15.1. The van der Waals surface area contributed by atoms with E-state index in [2.05, 4.69) is 29.2 Å². The highest BCUT2D eigenvalue weighted by atomic mass is 35.5. The van der Waals surface area contributed by atoms with Crippen molar-refractivity contribution in [1.82, 2.24) is 9.80 Å². The van der Waals surface area contributed by atoms with Crippen LogP contribution in [0, 0.1) is 11.3 Å². The molecule has 1 N–H and O–H groups in total. The van der Waals surface area contributed by atoms with Crippen LogP contribution in [0.3, 0.4) is 0 Å². The van der Waals surface area contributed by atoms with Gasteiger partial charge in [0.15, 0.2) is 0 Å². The van der Waals surface area contributed by atoms with Crippen LogP contribution < -0.4 is 0 Å². The molecule has 4 nitrogen and oxygen atoms in total. The number of halogens is 1. The van der Waals surface area contributed by atoms with E-state index >= 15 is 0 Å².